The van der Waals surface area contributed by atoms with E-state index in [0.717, 1.165) is 0 Å². The van der Waals surface area contributed by atoms with Gasteiger partial charge in [0.2, 0.25) is 5.91 Å². The van der Waals surface area contributed by atoms with E-state index in [2.05, 4.69) is 5.32 Å². The lowest BCUT2D eigenvalue weighted by Gasteiger charge is -2.35. The topological polar surface area (TPSA) is 95.9 Å². The summed E-state index contributed by atoms with van der Waals surface area (Å²) >= 11 is 0. The molecule has 1 unspecified atom stereocenters. The molecule has 7 heteroatoms. The zero-order valence-electron chi connectivity index (χ0n) is 15.3. The van der Waals surface area contributed by atoms with Crippen LogP contribution in [0, 0.1) is 11.8 Å². The average molecular weight is 342 g/mol. The molecule has 0 saturated carbocycles. The number of hydrogen-bond donors (Lipinski definition) is 2. The van der Waals surface area contributed by atoms with Crippen molar-refractivity contribution in [3.63, 3.8) is 0 Å². The minimum Gasteiger partial charge on any atom is -0.481 e. The third kappa shape index (κ3) is 6.76. The van der Waals surface area contributed by atoms with E-state index in [1.165, 1.54) is 0 Å². The number of aliphatic carboxylic acids is 1. The Bertz CT molecular complexity index is 462. The third-order valence-electron chi connectivity index (χ3n) is 3.93. The fourth-order valence-corrected chi connectivity index (χ4v) is 2.85. The first-order chi connectivity index (χ1) is 11.0. The molecule has 0 bridgehead atoms. The Hall–Kier alpha value is -1.79. The second-order valence-electron chi connectivity index (χ2n) is 7.68. The predicted molar refractivity (Wildman–Crippen MR) is 89.6 cm³/mol. The highest BCUT2D eigenvalue weighted by atomic mass is 16.6. The summed E-state index contributed by atoms with van der Waals surface area (Å²) in [5, 5.41) is 12.2. The predicted octanol–water partition coefficient (Wildman–Crippen LogP) is 2.25. The first kappa shape index (κ1) is 20.3. The molecule has 1 aliphatic rings. The van der Waals surface area contributed by atoms with Crippen LogP contribution < -0.4 is 5.32 Å². The molecule has 1 atom stereocenters. The number of ether oxygens (including phenoxy) is 1. The van der Waals surface area contributed by atoms with E-state index in [1.807, 2.05) is 34.6 Å². The van der Waals surface area contributed by atoms with Crippen LogP contribution in [0.1, 0.15) is 53.9 Å². The molecule has 7 nitrogen and oxygen atoms in total. The first-order valence-corrected chi connectivity index (χ1v) is 8.49. The lowest BCUT2D eigenvalue weighted by molar-refractivity contribution is -0.147. The Morgan fingerprint density at radius 3 is 2.17 bits per heavy atom. The van der Waals surface area contributed by atoms with Crippen molar-refractivity contribution in [3.05, 3.63) is 0 Å². The molecule has 0 aromatic rings. The Labute approximate surface area is 143 Å². The minimum absolute atomic E-state index is 0.0130. The quantitative estimate of drug-likeness (QED) is 0.799. The number of rotatable bonds is 5. The lowest BCUT2D eigenvalue weighted by atomic mass is 9.82. The molecule has 1 heterocycles. The van der Waals surface area contributed by atoms with Gasteiger partial charge in [-0.25, -0.2) is 4.79 Å². The normalized spacial score (nSPS) is 17.5. The molecule has 0 aromatic carbocycles. The third-order valence-corrected chi connectivity index (χ3v) is 3.93. The highest BCUT2D eigenvalue weighted by Gasteiger charge is 2.35. The summed E-state index contributed by atoms with van der Waals surface area (Å²) in [6, 6.07) is -0.0130. The van der Waals surface area contributed by atoms with Crippen molar-refractivity contribution in [2.75, 3.05) is 13.1 Å². The molecule has 2 amide bonds. The number of amides is 2. The number of carbonyl (C=O) groups excluding carboxylic acids is 2. The molecule has 0 aromatic heterocycles. The average Bonchev–Trinajstić information content (AvgIpc) is 2.42. The van der Waals surface area contributed by atoms with E-state index in [9.17, 15) is 19.5 Å². The van der Waals surface area contributed by atoms with E-state index in [1.54, 1.807) is 4.90 Å². The number of nitrogens with zero attached hydrogens (tertiary/aromatic N) is 1. The summed E-state index contributed by atoms with van der Waals surface area (Å²) in [5.41, 5.74) is -0.549. The van der Waals surface area contributed by atoms with Crippen LogP contribution >= 0.6 is 0 Å². The van der Waals surface area contributed by atoms with Crippen molar-refractivity contribution in [3.8, 4) is 0 Å². The molecule has 1 rings (SSSR count). The number of likely N-dealkylation sites (tertiary alicyclic amines) is 1. The Balaban J connectivity index is 2.58. The molecular weight excluding hydrogens is 312 g/mol. The van der Waals surface area contributed by atoms with Crippen LogP contribution in [0.2, 0.25) is 0 Å². The standard InChI is InChI=1S/C17H30N2O5/c1-11(2)18-14(20)10-13(15(21)22)12-6-8-19(9-7-12)16(23)24-17(3,4)5/h11-13H,6-10H2,1-5H3,(H,18,20)(H,21,22). The molecule has 138 valence electrons. The molecule has 24 heavy (non-hydrogen) atoms. The maximum absolute atomic E-state index is 12.0. The monoisotopic (exact) mass is 342 g/mol. The summed E-state index contributed by atoms with van der Waals surface area (Å²) in [6.07, 6.45) is 0.728. The number of carbonyl (C=O) groups is 3. The van der Waals surface area contributed by atoms with Crippen molar-refractivity contribution in [1.29, 1.82) is 0 Å². The zero-order chi connectivity index (χ0) is 18.5. The second-order valence-corrected chi connectivity index (χ2v) is 7.68. The number of nitrogens with one attached hydrogen (secondary N) is 1. The molecular formula is C17H30N2O5. The van der Waals surface area contributed by atoms with E-state index < -0.39 is 17.5 Å². The molecule has 1 fully saturated rings. The van der Waals surface area contributed by atoms with Crippen molar-refractivity contribution < 1.29 is 24.2 Å². The Morgan fingerprint density at radius 1 is 1.21 bits per heavy atom. The largest absolute Gasteiger partial charge is 0.481 e. The molecule has 0 aliphatic carbocycles. The molecule has 2 N–H and O–H groups in total. The van der Waals surface area contributed by atoms with Gasteiger partial charge in [0.15, 0.2) is 0 Å². The van der Waals surface area contributed by atoms with Gasteiger partial charge >= 0.3 is 12.1 Å². The van der Waals surface area contributed by atoms with Gasteiger partial charge in [0.25, 0.3) is 0 Å². The number of hydrogen-bond acceptors (Lipinski definition) is 4. The van der Waals surface area contributed by atoms with Gasteiger partial charge in [-0.05, 0) is 53.4 Å². The zero-order valence-corrected chi connectivity index (χ0v) is 15.3. The van der Waals surface area contributed by atoms with Crippen molar-refractivity contribution in [1.82, 2.24) is 10.2 Å². The fourth-order valence-electron chi connectivity index (χ4n) is 2.85. The summed E-state index contributed by atoms with van der Waals surface area (Å²) in [6.45, 7) is 10.0. The van der Waals surface area contributed by atoms with Crippen molar-refractivity contribution >= 4 is 18.0 Å². The highest BCUT2D eigenvalue weighted by Crippen LogP contribution is 2.28. The Kier molecular flexibility index (Phi) is 7.05. The molecule has 1 aliphatic heterocycles. The van der Waals surface area contributed by atoms with Gasteiger partial charge in [-0.3, -0.25) is 9.59 Å². The number of carboxylic acids is 1. The maximum atomic E-state index is 12.0. The van der Waals surface area contributed by atoms with Crippen LogP contribution in [0.15, 0.2) is 0 Å². The van der Waals surface area contributed by atoms with Crippen LogP contribution in [0.5, 0.6) is 0 Å². The van der Waals surface area contributed by atoms with Gasteiger partial charge < -0.3 is 20.1 Å². The van der Waals surface area contributed by atoms with Crippen LogP contribution in [-0.2, 0) is 14.3 Å². The van der Waals surface area contributed by atoms with E-state index in [-0.39, 0.29) is 30.4 Å². The lowest BCUT2D eigenvalue weighted by Crippen LogP contribution is -2.44. The summed E-state index contributed by atoms with van der Waals surface area (Å²) in [5.74, 6) is -2.03. The van der Waals surface area contributed by atoms with Crippen LogP contribution in [-0.4, -0.2) is 52.7 Å². The smallest absolute Gasteiger partial charge is 0.410 e. The van der Waals surface area contributed by atoms with E-state index in [4.69, 9.17) is 4.74 Å². The maximum Gasteiger partial charge on any atom is 0.410 e. The molecule has 0 spiro atoms. The molecule has 0 radical (unpaired) electrons. The molecule has 1 saturated heterocycles. The van der Waals surface area contributed by atoms with Crippen LogP contribution in [0.4, 0.5) is 4.79 Å². The van der Waals surface area contributed by atoms with Gasteiger partial charge in [0.1, 0.15) is 5.60 Å². The van der Waals surface area contributed by atoms with Crippen LogP contribution in [0.3, 0.4) is 0 Å². The SMILES string of the molecule is CC(C)NC(=O)CC(C(=O)O)C1CCN(C(=O)OC(C)(C)C)CC1. The van der Waals surface area contributed by atoms with Gasteiger partial charge in [-0.2, -0.15) is 0 Å². The van der Waals surface area contributed by atoms with E-state index in [0.29, 0.717) is 25.9 Å². The van der Waals surface area contributed by atoms with Gasteiger partial charge in [-0.1, -0.05) is 0 Å². The van der Waals surface area contributed by atoms with E-state index >= 15 is 0 Å². The number of carboxylic acid groups (broad SMARTS) is 1. The van der Waals surface area contributed by atoms with Crippen molar-refractivity contribution in [2.45, 2.75) is 65.5 Å². The summed E-state index contributed by atoms with van der Waals surface area (Å²) in [4.78, 5) is 37.1. The fraction of sp³-hybridized carbons (Fsp3) is 0.824. The van der Waals surface area contributed by atoms with Crippen LogP contribution in [0.25, 0.3) is 0 Å². The Morgan fingerprint density at radius 2 is 1.75 bits per heavy atom. The van der Waals surface area contributed by atoms with Gasteiger partial charge in [0, 0.05) is 25.6 Å². The summed E-state index contributed by atoms with van der Waals surface area (Å²) < 4.78 is 5.34. The van der Waals surface area contributed by atoms with Gasteiger partial charge in [-0.15, -0.1) is 0 Å². The van der Waals surface area contributed by atoms with Gasteiger partial charge in [0.05, 0.1) is 5.92 Å². The minimum atomic E-state index is -0.954. The highest BCUT2D eigenvalue weighted by molar-refractivity contribution is 5.82. The first-order valence-electron chi connectivity index (χ1n) is 8.49. The second kappa shape index (κ2) is 8.35. The number of piperidine rings is 1. The van der Waals surface area contributed by atoms with Crippen molar-refractivity contribution in [2.24, 2.45) is 11.8 Å². The summed E-state index contributed by atoms with van der Waals surface area (Å²) in [7, 11) is 0.